The SMILES string of the molecule is CCCNCC1(c2ccc(Br)cc2)CCCCC1. The maximum absolute atomic E-state index is 3.65. The first-order chi connectivity index (χ1) is 8.77. The van der Waals surface area contributed by atoms with E-state index in [0.29, 0.717) is 5.41 Å². The molecule has 0 radical (unpaired) electrons. The molecule has 1 aliphatic carbocycles. The maximum Gasteiger partial charge on any atom is 0.0175 e. The number of rotatable bonds is 5. The van der Waals surface area contributed by atoms with Gasteiger partial charge in [-0.15, -0.1) is 0 Å². The van der Waals surface area contributed by atoms with Gasteiger partial charge in [-0.25, -0.2) is 0 Å². The van der Waals surface area contributed by atoms with Crippen molar-refractivity contribution in [3.63, 3.8) is 0 Å². The van der Waals surface area contributed by atoms with Crippen molar-refractivity contribution in [2.75, 3.05) is 13.1 Å². The lowest BCUT2D eigenvalue weighted by molar-refractivity contribution is 0.280. The maximum atomic E-state index is 3.65. The van der Waals surface area contributed by atoms with Crippen molar-refractivity contribution in [1.82, 2.24) is 5.32 Å². The van der Waals surface area contributed by atoms with Crippen LogP contribution in [0.4, 0.5) is 0 Å². The predicted octanol–water partition coefficient (Wildman–Crippen LogP) is 4.65. The molecule has 0 atom stereocenters. The lowest BCUT2D eigenvalue weighted by Crippen LogP contribution is -2.40. The Bertz CT molecular complexity index is 352. The molecule has 2 rings (SSSR count). The average Bonchev–Trinajstić information content (AvgIpc) is 2.41. The molecule has 1 aromatic rings. The van der Waals surface area contributed by atoms with E-state index in [-0.39, 0.29) is 0 Å². The standard InChI is InChI=1S/C16H24BrN/c1-2-12-18-13-16(10-4-3-5-11-16)14-6-8-15(17)9-7-14/h6-9,18H,2-5,10-13H2,1H3. The third kappa shape index (κ3) is 3.36. The molecule has 18 heavy (non-hydrogen) atoms. The summed E-state index contributed by atoms with van der Waals surface area (Å²) in [5, 5.41) is 3.65. The third-order valence-electron chi connectivity index (χ3n) is 4.16. The summed E-state index contributed by atoms with van der Waals surface area (Å²) in [5.74, 6) is 0. The van der Waals surface area contributed by atoms with Gasteiger partial charge in [0.15, 0.2) is 0 Å². The highest BCUT2D eigenvalue weighted by molar-refractivity contribution is 9.10. The van der Waals surface area contributed by atoms with Crippen LogP contribution in [0.2, 0.25) is 0 Å². The van der Waals surface area contributed by atoms with E-state index < -0.39 is 0 Å². The van der Waals surface area contributed by atoms with Crippen LogP contribution in [0.25, 0.3) is 0 Å². The van der Waals surface area contributed by atoms with Crippen LogP contribution in [0, 0.1) is 0 Å². The molecule has 0 unspecified atom stereocenters. The molecule has 0 heterocycles. The molecule has 0 amide bonds. The lowest BCUT2D eigenvalue weighted by atomic mass is 9.69. The Balaban J connectivity index is 2.15. The summed E-state index contributed by atoms with van der Waals surface area (Å²) >= 11 is 3.54. The van der Waals surface area contributed by atoms with E-state index in [9.17, 15) is 0 Å². The highest BCUT2D eigenvalue weighted by Crippen LogP contribution is 2.39. The van der Waals surface area contributed by atoms with Crippen LogP contribution < -0.4 is 5.32 Å². The van der Waals surface area contributed by atoms with E-state index in [0.717, 1.165) is 13.1 Å². The quantitative estimate of drug-likeness (QED) is 0.781. The zero-order valence-corrected chi connectivity index (χ0v) is 12.9. The van der Waals surface area contributed by atoms with Gasteiger partial charge in [-0.1, -0.05) is 54.2 Å². The van der Waals surface area contributed by atoms with Gasteiger partial charge in [0.1, 0.15) is 0 Å². The predicted molar refractivity (Wildman–Crippen MR) is 82.1 cm³/mol. The minimum absolute atomic E-state index is 0.383. The van der Waals surface area contributed by atoms with E-state index in [4.69, 9.17) is 0 Å². The summed E-state index contributed by atoms with van der Waals surface area (Å²) in [6, 6.07) is 8.99. The Morgan fingerprint density at radius 1 is 1.11 bits per heavy atom. The van der Waals surface area contributed by atoms with Crippen molar-refractivity contribution in [2.24, 2.45) is 0 Å². The van der Waals surface area contributed by atoms with Gasteiger partial charge < -0.3 is 5.32 Å². The van der Waals surface area contributed by atoms with E-state index >= 15 is 0 Å². The molecule has 0 bridgehead atoms. The van der Waals surface area contributed by atoms with Gasteiger partial charge in [0.05, 0.1) is 0 Å². The topological polar surface area (TPSA) is 12.0 Å². The van der Waals surface area contributed by atoms with Gasteiger partial charge in [-0.2, -0.15) is 0 Å². The fourth-order valence-electron chi connectivity index (χ4n) is 3.10. The van der Waals surface area contributed by atoms with E-state index in [1.54, 1.807) is 0 Å². The molecule has 0 spiro atoms. The van der Waals surface area contributed by atoms with Gasteiger partial charge in [0, 0.05) is 16.4 Å². The Hall–Kier alpha value is -0.340. The van der Waals surface area contributed by atoms with Crippen molar-refractivity contribution < 1.29 is 0 Å². The average molecular weight is 310 g/mol. The molecular formula is C16H24BrN. The van der Waals surface area contributed by atoms with E-state index in [1.807, 2.05) is 0 Å². The number of hydrogen-bond acceptors (Lipinski definition) is 1. The Kier molecular flexibility index (Phi) is 5.25. The molecule has 1 aromatic carbocycles. The first-order valence-corrected chi connectivity index (χ1v) is 8.03. The first kappa shape index (κ1) is 14.1. The molecule has 0 aromatic heterocycles. The van der Waals surface area contributed by atoms with Crippen LogP contribution in [0.3, 0.4) is 0 Å². The molecule has 1 nitrogen and oxygen atoms in total. The van der Waals surface area contributed by atoms with Crippen LogP contribution in [-0.2, 0) is 5.41 Å². The highest BCUT2D eigenvalue weighted by atomic mass is 79.9. The lowest BCUT2D eigenvalue weighted by Gasteiger charge is -2.38. The molecule has 0 saturated heterocycles. The largest absolute Gasteiger partial charge is 0.316 e. The summed E-state index contributed by atoms with van der Waals surface area (Å²) in [6.07, 6.45) is 8.06. The van der Waals surface area contributed by atoms with Gasteiger partial charge in [-0.05, 0) is 43.5 Å². The Morgan fingerprint density at radius 2 is 1.78 bits per heavy atom. The van der Waals surface area contributed by atoms with Crippen LogP contribution in [-0.4, -0.2) is 13.1 Å². The first-order valence-electron chi connectivity index (χ1n) is 7.24. The van der Waals surface area contributed by atoms with Gasteiger partial charge in [0.25, 0.3) is 0 Å². The molecule has 0 aliphatic heterocycles. The molecule has 1 N–H and O–H groups in total. The van der Waals surface area contributed by atoms with Crippen molar-refractivity contribution in [3.05, 3.63) is 34.3 Å². The summed E-state index contributed by atoms with van der Waals surface area (Å²) in [7, 11) is 0. The summed E-state index contributed by atoms with van der Waals surface area (Å²) in [4.78, 5) is 0. The van der Waals surface area contributed by atoms with Gasteiger partial charge in [0.2, 0.25) is 0 Å². The van der Waals surface area contributed by atoms with E-state index in [1.165, 1.54) is 48.6 Å². The smallest absolute Gasteiger partial charge is 0.0175 e. The van der Waals surface area contributed by atoms with Crippen molar-refractivity contribution in [1.29, 1.82) is 0 Å². The van der Waals surface area contributed by atoms with Crippen molar-refractivity contribution in [2.45, 2.75) is 50.9 Å². The molecule has 1 saturated carbocycles. The zero-order chi connectivity index (χ0) is 12.8. The number of hydrogen-bond donors (Lipinski definition) is 1. The zero-order valence-electron chi connectivity index (χ0n) is 11.3. The van der Waals surface area contributed by atoms with E-state index in [2.05, 4.69) is 52.4 Å². The third-order valence-corrected chi connectivity index (χ3v) is 4.69. The van der Waals surface area contributed by atoms with Gasteiger partial charge >= 0.3 is 0 Å². The second-order valence-electron chi connectivity index (χ2n) is 5.52. The highest BCUT2D eigenvalue weighted by Gasteiger charge is 2.33. The van der Waals surface area contributed by atoms with Crippen LogP contribution in [0.5, 0.6) is 0 Å². The monoisotopic (exact) mass is 309 g/mol. The molecule has 100 valence electrons. The van der Waals surface area contributed by atoms with Crippen LogP contribution in [0.15, 0.2) is 28.7 Å². The second kappa shape index (κ2) is 6.72. The Morgan fingerprint density at radius 3 is 2.39 bits per heavy atom. The summed E-state index contributed by atoms with van der Waals surface area (Å²) in [5.41, 5.74) is 1.91. The number of benzene rings is 1. The molecule has 1 aliphatic rings. The summed E-state index contributed by atoms with van der Waals surface area (Å²) in [6.45, 7) is 4.51. The van der Waals surface area contributed by atoms with Gasteiger partial charge in [-0.3, -0.25) is 0 Å². The number of nitrogens with one attached hydrogen (secondary N) is 1. The fourth-order valence-corrected chi connectivity index (χ4v) is 3.37. The summed E-state index contributed by atoms with van der Waals surface area (Å²) < 4.78 is 1.18. The molecule has 1 fully saturated rings. The van der Waals surface area contributed by atoms with Crippen LogP contribution >= 0.6 is 15.9 Å². The number of halogens is 1. The normalized spacial score (nSPS) is 18.8. The fraction of sp³-hybridized carbons (Fsp3) is 0.625. The molecule has 2 heteroatoms. The molecular weight excluding hydrogens is 286 g/mol. The van der Waals surface area contributed by atoms with Crippen LogP contribution in [0.1, 0.15) is 51.0 Å². The second-order valence-corrected chi connectivity index (χ2v) is 6.44. The Labute approximate surface area is 119 Å². The minimum Gasteiger partial charge on any atom is -0.316 e. The minimum atomic E-state index is 0.383. The van der Waals surface area contributed by atoms with Crippen molar-refractivity contribution in [3.8, 4) is 0 Å². The van der Waals surface area contributed by atoms with Crippen molar-refractivity contribution >= 4 is 15.9 Å².